The molecule has 3 aromatic rings. The first-order valence-electron chi connectivity index (χ1n) is 8.21. The molecule has 2 N–H and O–H groups in total. The zero-order chi connectivity index (χ0) is 20.0. The highest BCUT2D eigenvalue weighted by molar-refractivity contribution is 14.0. The number of thiophene rings is 1. The number of hydrogen-bond acceptors (Lipinski definition) is 5. The number of guanidine groups is 1. The van der Waals surface area contributed by atoms with E-state index in [2.05, 4.69) is 25.3 Å². The molecule has 0 saturated carbocycles. The number of halogens is 4. The fourth-order valence-electron chi connectivity index (χ4n) is 2.35. The van der Waals surface area contributed by atoms with Crippen molar-refractivity contribution >= 4 is 41.3 Å². The number of benzene rings is 1. The van der Waals surface area contributed by atoms with Crippen molar-refractivity contribution in [1.82, 2.24) is 15.6 Å². The van der Waals surface area contributed by atoms with E-state index >= 15 is 0 Å². The average Bonchev–Trinajstić information content (AvgIpc) is 3.33. The summed E-state index contributed by atoms with van der Waals surface area (Å²) in [6.07, 6.45) is -3.20. The van der Waals surface area contributed by atoms with Gasteiger partial charge in [-0.3, -0.25) is 4.99 Å². The first-order valence-corrected chi connectivity index (χ1v) is 9.09. The van der Waals surface area contributed by atoms with Crippen molar-refractivity contribution < 1.29 is 22.3 Å². The van der Waals surface area contributed by atoms with Gasteiger partial charge in [-0.25, -0.2) is 4.98 Å². The van der Waals surface area contributed by atoms with E-state index in [0.717, 1.165) is 4.88 Å². The number of alkyl halides is 3. The van der Waals surface area contributed by atoms with Gasteiger partial charge in [0, 0.05) is 19.2 Å². The summed E-state index contributed by atoms with van der Waals surface area (Å²) in [6.45, 7) is 0.445. The fourth-order valence-corrected chi connectivity index (χ4v) is 3.01. The summed E-state index contributed by atoms with van der Waals surface area (Å²) in [5.41, 5.74) is 1.02. The molecule has 156 valence electrons. The van der Waals surface area contributed by atoms with Crippen molar-refractivity contribution in [2.75, 3.05) is 7.05 Å². The van der Waals surface area contributed by atoms with Crippen LogP contribution < -0.4 is 15.4 Å². The summed E-state index contributed by atoms with van der Waals surface area (Å²) >= 11 is 1.52. The van der Waals surface area contributed by atoms with Crippen LogP contribution in [0.1, 0.15) is 11.3 Å². The maximum atomic E-state index is 12.5. The lowest BCUT2D eigenvalue weighted by molar-refractivity contribution is -0.274. The molecule has 0 aliphatic rings. The third-order valence-corrected chi connectivity index (χ3v) is 4.45. The number of nitrogens with one attached hydrogen (secondary N) is 2. The second-order valence-corrected chi connectivity index (χ2v) is 6.50. The van der Waals surface area contributed by atoms with Gasteiger partial charge in [0.2, 0.25) is 5.89 Å². The van der Waals surface area contributed by atoms with Crippen molar-refractivity contribution in [3.05, 3.63) is 59.3 Å². The molecule has 0 radical (unpaired) electrons. The molecule has 0 spiro atoms. The van der Waals surface area contributed by atoms with Crippen molar-refractivity contribution in [3.8, 4) is 16.5 Å². The van der Waals surface area contributed by atoms with Gasteiger partial charge >= 0.3 is 6.36 Å². The quantitative estimate of drug-likeness (QED) is 0.269. The second-order valence-electron chi connectivity index (χ2n) is 5.56. The lowest BCUT2D eigenvalue weighted by Gasteiger charge is -2.15. The maximum Gasteiger partial charge on any atom is 0.573 e. The highest BCUT2D eigenvalue weighted by Gasteiger charge is 2.31. The Kier molecular flexibility index (Phi) is 8.32. The van der Waals surface area contributed by atoms with Crippen LogP contribution in [-0.4, -0.2) is 24.4 Å². The van der Waals surface area contributed by atoms with Crippen LogP contribution in [0.25, 0.3) is 10.8 Å². The highest BCUT2D eigenvalue weighted by atomic mass is 127. The SMILES string of the molecule is CN=C(NCc1coc(-c2cccs2)n1)NCc1ccccc1OC(F)(F)F.I. The molecule has 0 aliphatic heterocycles. The molecular formula is C18H18F3IN4O2S. The number of aromatic nitrogens is 1. The summed E-state index contributed by atoms with van der Waals surface area (Å²) in [7, 11) is 1.56. The molecule has 1 aromatic carbocycles. The number of ether oxygens (including phenoxy) is 1. The van der Waals surface area contributed by atoms with Gasteiger partial charge in [0.1, 0.15) is 12.0 Å². The average molecular weight is 538 g/mol. The van der Waals surface area contributed by atoms with Crippen LogP contribution in [0, 0.1) is 0 Å². The summed E-state index contributed by atoms with van der Waals surface area (Å²) in [5, 5.41) is 7.92. The highest BCUT2D eigenvalue weighted by Crippen LogP contribution is 2.26. The molecule has 0 fully saturated rings. The van der Waals surface area contributed by atoms with Crippen LogP contribution in [0.5, 0.6) is 5.75 Å². The summed E-state index contributed by atoms with van der Waals surface area (Å²) in [4.78, 5) is 9.37. The van der Waals surface area contributed by atoms with Crippen molar-refractivity contribution in [2.45, 2.75) is 19.5 Å². The van der Waals surface area contributed by atoms with E-state index in [4.69, 9.17) is 4.42 Å². The van der Waals surface area contributed by atoms with Gasteiger partial charge < -0.3 is 19.8 Å². The third kappa shape index (κ3) is 6.92. The molecule has 6 nitrogen and oxygen atoms in total. The van der Waals surface area contributed by atoms with E-state index in [0.29, 0.717) is 29.7 Å². The van der Waals surface area contributed by atoms with E-state index in [-0.39, 0.29) is 36.3 Å². The Morgan fingerprint density at radius 3 is 2.62 bits per heavy atom. The Labute approximate surface area is 186 Å². The lowest BCUT2D eigenvalue weighted by Crippen LogP contribution is -2.36. The number of nitrogens with zero attached hydrogens (tertiary/aromatic N) is 2. The van der Waals surface area contributed by atoms with Crippen LogP contribution in [-0.2, 0) is 13.1 Å². The molecule has 2 heterocycles. The van der Waals surface area contributed by atoms with Gasteiger partial charge in [-0.15, -0.1) is 48.5 Å². The zero-order valence-corrected chi connectivity index (χ0v) is 18.3. The standard InChI is InChI=1S/C18H17F3N4O2S.HI/c1-22-17(23-9-12-5-2-3-6-14(12)27-18(19,20)21)24-10-13-11-26-16(25-13)15-7-4-8-28-15;/h2-8,11H,9-10H2,1H3,(H2,22,23,24);1H. The molecule has 0 unspecified atom stereocenters. The topological polar surface area (TPSA) is 71.7 Å². The largest absolute Gasteiger partial charge is 0.573 e. The molecule has 29 heavy (non-hydrogen) atoms. The van der Waals surface area contributed by atoms with Gasteiger partial charge in [-0.2, -0.15) is 0 Å². The predicted octanol–water partition coefficient (Wildman–Crippen LogP) is 4.78. The van der Waals surface area contributed by atoms with E-state index in [1.807, 2.05) is 17.5 Å². The fraction of sp³-hybridized carbons (Fsp3) is 0.222. The maximum absolute atomic E-state index is 12.5. The van der Waals surface area contributed by atoms with Crippen LogP contribution in [0.3, 0.4) is 0 Å². The Morgan fingerprint density at radius 2 is 1.93 bits per heavy atom. The third-order valence-electron chi connectivity index (χ3n) is 3.59. The van der Waals surface area contributed by atoms with Gasteiger partial charge in [0.15, 0.2) is 5.96 Å². The van der Waals surface area contributed by atoms with Gasteiger partial charge in [-0.05, 0) is 17.5 Å². The van der Waals surface area contributed by atoms with E-state index in [1.165, 1.54) is 23.5 Å². The Morgan fingerprint density at radius 1 is 1.17 bits per heavy atom. The molecule has 0 amide bonds. The molecule has 3 rings (SSSR count). The van der Waals surface area contributed by atoms with Crippen molar-refractivity contribution in [3.63, 3.8) is 0 Å². The Hall–Kier alpha value is -2.28. The molecule has 0 aliphatic carbocycles. The number of aliphatic imine (C=N–C) groups is 1. The number of oxazole rings is 1. The van der Waals surface area contributed by atoms with Gasteiger partial charge in [0.05, 0.1) is 17.1 Å². The Balaban J connectivity index is 0.00000300. The van der Waals surface area contributed by atoms with E-state index in [9.17, 15) is 13.2 Å². The number of rotatable bonds is 6. The molecule has 0 bridgehead atoms. The molecule has 0 atom stereocenters. The Bertz CT molecular complexity index is 929. The molecule has 0 saturated heterocycles. The van der Waals surface area contributed by atoms with Crippen LogP contribution in [0.4, 0.5) is 13.2 Å². The van der Waals surface area contributed by atoms with Crippen LogP contribution in [0.2, 0.25) is 0 Å². The molecule has 11 heteroatoms. The minimum absolute atomic E-state index is 0. The second kappa shape index (κ2) is 10.5. The van der Waals surface area contributed by atoms with Crippen molar-refractivity contribution in [1.29, 1.82) is 0 Å². The number of hydrogen-bond donors (Lipinski definition) is 2. The van der Waals surface area contributed by atoms with Gasteiger partial charge in [0.25, 0.3) is 0 Å². The van der Waals surface area contributed by atoms with Crippen molar-refractivity contribution in [2.24, 2.45) is 4.99 Å². The minimum Gasteiger partial charge on any atom is -0.443 e. The molecule has 2 aromatic heterocycles. The summed E-state index contributed by atoms with van der Waals surface area (Å²) < 4.78 is 47.0. The first-order chi connectivity index (χ1) is 13.4. The molecular weight excluding hydrogens is 520 g/mol. The van der Waals surface area contributed by atoms with E-state index in [1.54, 1.807) is 25.4 Å². The first kappa shape index (κ1) is 23.0. The normalized spacial score (nSPS) is 11.7. The predicted molar refractivity (Wildman–Crippen MR) is 115 cm³/mol. The zero-order valence-electron chi connectivity index (χ0n) is 15.2. The van der Waals surface area contributed by atoms with Crippen LogP contribution >= 0.6 is 35.3 Å². The lowest BCUT2D eigenvalue weighted by atomic mass is 10.2. The van der Waals surface area contributed by atoms with Gasteiger partial charge in [-0.1, -0.05) is 24.3 Å². The smallest absolute Gasteiger partial charge is 0.443 e. The summed E-state index contributed by atoms with van der Waals surface area (Å²) in [6, 6.07) is 9.75. The minimum atomic E-state index is -4.75. The number of para-hydroxylation sites is 1. The van der Waals surface area contributed by atoms with E-state index < -0.39 is 6.36 Å². The monoisotopic (exact) mass is 538 g/mol. The van der Waals surface area contributed by atoms with Crippen LogP contribution in [0.15, 0.2) is 57.5 Å². The summed E-state index contributed by atoms with van der Waals surface area (Å²) in [5.74, 6) is 0.686.